The summed E-state index contributed by atoms with van der Waals surface area (Å²) in [7, 11) is 1.47. The van der Waals surface area contributed by atoms with Gasteiger partial charge in [0.05, 0.1) is 19.2 Å². The molecule has 0 saturated heterocycles. The van der Waals surface area contributed by atoms with Gasteiger partial charge in [-0.3, -0.25) is 4.79 Å². The number of aryl methyl sites for hydroxylation is 1. The predicted molar refractivity (Wildman–Crippen MR) is 143 cm³/mol. The molecule has 1 aromatic heterocycles. The third-order valence-corrected chi connectivity index (χ3v) is 9.41. The zero-order valence-corrected chi connectivity index (χ0v) is 22.5. The quantitative estimate of drug-likeness (QED) is 0.348. The molecule has 3 aliphatic rings. The first kappa shape index (κ1) is 25.8. The molecular weight excluding hydrogens is 500 g/mol. The number of fused-ring (bicyclic) bond motifs is 2. The lowest BCUT2D eigenvalue weighted by atomic mass is 9.75. The molecule has 2 fully saturated rings. The van der Waals surface area contributed by atoms with Crippen molar-refractivity contribution in [3.63, 3.8) is 0 Å². The van der Waals surface area contributed by atoms with Crippen molar-refractivity contribution in [3.05, 3.63) is 76.5 Å². The first-order valence-corrected chi connectivity index (χ1v) is 13.6. The molecule has 6 rings (SSSR count). The highest BCUT2D eigenvalue weighted by atomic mass is 19.1. The van der Waals surface area contributed by atoms with Crippen molar-refractivity contribution in [1.29, 1.82) is 0 Å². The minimum atomic E-state index is -0.748. The molecule has 7 heteroatoms. The number of halogens is 2. The molecule has 3 unspecified atom stereocenters. The van der Waals surface area contributed by atoms with E-state index in [0.29, 0.717) is 23.3 Å². The Kier molecular flexibility index (Phi) is 6.16. The maximum atomic E-state index is 15.6. The molecule has 2 saturated carbocycles. The van der Waals surface area contributed by atoms with E-state index in [4.69, 9.17) is 9.47 Å². The maximum absolute atomic E-state index is 15.6. The predicted octanol–water partition coefficient (Wildman–Crippen LogP) is 7.20. The molecule has 3 aliphatic carbocycles. The molecule has 5 nitrogen and oxygen atoms in total. The van der Waals surface area contributed by atoms with Crippen LogP contribution in [0, 0.1) is 23.0 Å². The lowest BCUT2D eigenvalue weighted by Crippen LogP contribution is -2.17. The molecule has 1 spiro atoms. The van der Waals surface area contributed by atoms with Gasteiger partial charge in [-0.05, 0) is 90.0 Å². The van der Waals surface area contributed by atoms with Crippen LogP contribution in [0.25, 0.3) is 11.1 Å². The van der Waals surface area contributed by atoms with Crippen molar-refractivity contribution in [1.82, 2.24) is 4.98 Å². The molecule has 0 radical (unpaired) electrons. The lowest BCUT2D eigenvalue weighted by Gasteiger charge is -2.30. The van der Waals surface area contributed by atoms with Gasteiger partial charge in [-0.2, -0.15) is 0 Å². The molecule has 2 aromatic carbocycles. The Hall–Kier alpha value is -3.48. The number of benzene rings is 2. The number of pyridine rings is 1. The van der Waals surface area contributed by atoms with Crippen molar-refractivity contribution in [2.24, 2.45) is 11.3 Å². The monoisotopic (exact) mass is 533 g/mol. The topological polar surface area (TPSA) is 68.7 Å². The van der Waals surface area contributed by atoms with Crippen LogP contribution in [0.4, 0.5) is 8.78 Å². The van der Waals surface area contributed by atoms with Gasteiger partial charge in [0.25, 0.3) is 0 Å². The van der Waals surface area contributed by atoms with E-state index >= 15 is 8.78 Å². The summed E-state index contributed by atoms with van der Waals surface area (Å²) in [6.07, 6.45) is 6.51. The number of ether oxygens (including phenoxy) is 2. The molecule has 1 N–H and O–H groups in total. The number of aromatic nitrogens is 1. The van der Waals surface area contributed by atoms with Crippen LogP contribution in [0.15, 0.2) is 42.6 Å². The summed E-state index contributed by atoms with van der Waals surface area (Å²) < 4.78 is 41.9. The van der Waals surface area contributed by atoms with E-state index in [9.17, 15) is 9.90 Å². The molecule has 1 heterocycles. The van der Waals surface area contributed by atoms with Crippen LogP contribution in [0.3, 0.4) is 0 Å². The van der Waals surface area contributed by atoms with Gasteiger partial charge in [-0.25, -0.2) is 13.8 Å². The molecule has 3 atom stereocenters. The van der Waals surface area contributed by atoms with Crippen LogP contribution < -0.4 is 9.47 Å². The minimum Gasteiger partial charge on any atom is -0.489 e. The lowest BCUT2D eigenvalue weighted by molar-refractivity contribution is -0.139. The molecule has 39 heavy (non-hydrogen) atoms. The molecule has 0 aliphatic heterocycles. The highest BCUT2D eigenvalue weighted by Gasteiger charge is 2.61. The Bertz CT molecular complexity index is 1470. The van der Waals surface area contributed by atoms with Gasteiger partial charge >= 0.3 is 5.97 Å². The van der Waals surface area contributed by atoms with Gasteiger partial charge in [0.15, 0.2) is 0 Å². The fraction of sp³-hybridized carbons (Fsp3) is 0.438. The number of rotatable bonds is 7. The average Bonchev–Trinajstić information content (AvgIpc) is 3.40. The SMILES string of the molecule is COc1cc(-c2cc(F)c(COc3ccc4c(c3)C3(CC4)CC3C(=O)O)cc2C2CCCC2(C)C)c(F)cn1. The first-order chi connectivity index (χ1) is 18.6. The second-order valence-corrected chi connectivity index (χ2v) is 12.0. The third kappa shape index (κ3) is 4.36. The van der Waals surface area contributed by atoms with Crippen molar-refractivity contribution in [2.75, 3.05) is 7.11 Å². The van der Waals surface area contributed by atoms with E-state index in [2.05, 4.69) is 18.8 Å². The maximum Gasteiger partial charge on any atom is 0.307 e. The van der Waals surface area contributed by atoms with Gasteiger partial charge in [0, 0.05) is 22.6 Å². The van der Waals surface area contributed by atoms with Crippen molar-refractivity contribution >= 4 is 5.97 Å². The fourth-order valence-corrected chi connectivity index (χ4v) is 7.09. The van der Waals surface area contributed by atoms with Gasteiger partial charge in [-0.15, -0.1) is 0 Å². The van der Waals surface area contributed by atoms with Crippen LogP contribution in [0.1, 0.15) is 74.1 Å². The second kappa shape index (κ2) is 9.32. The number of aliphatic carboxylic acids is 1. The van der Waals surface area contributed by atoms with Crippen LogP contribution >= 0.6 is 0 Å². The number of carbonyl (C=O) groups is 1. The second-order valence-electron chi connectivity index (χ2n) is 12.0. The Labute approximate surface area is 227 Å². The number of hydrogen-bond acceptors (Lipinski definition) is 4. The van der Waals surface area contributed by atoms with E-state index in [1.807, 2.05) is 24.3 Å². The summed E-state index contributed by atoms with van der Waals surface area (Å²) in [5.41, 5.74) is 4.01. The Morgan fingerprint density at radius 1 is 1.10 bits per heavy atom. The zero-order valence-electron chi connectivity index (χ0n) is 22.5. The van der Waals surface area contributed by atoms with E-state index < -0.39 is 17.6 Å². The van der Waals surface area contributed by atoms with Crippen LogP contribution in [0.5, 0.6) is 11.6 Å². The first-order valence-electron chi connectivity index (χ1n) is 13.6. The van der Waals surface area contributed by atoms with Gasteiger partial charge in [0.1, 0.15) is 24.0 Å². The minimum absolute atomic E-state index is 0.0163. The fourth-order valence-electron chi connectivity index (χ4n) is 7.09. The van der Waals surface area contributed by atoms with E-state index in [0.717, 1.165) is 49.4 Å². The Balaban J connectivity index is 1.34. The summed E-state index contributed by atoms with van der Waals surface area (Å²) >= 11 is 0. The number of nitrogens with zero attached hydrogens (tertiary/aromatic N) is 1. The molecule has 0 amide bonds. The average molecular weight is 534 g/mol. The normalized spacial score (nSPS) is 24.5. The molecule has 3 aromatic rings. The number of carboxylic acid groups (broad SMARTS) is 1. The van der Waals surface area contributed by atoms with Crippen LogP contribution in [0.2, 0.25) is 0 Å². The number of carboxylic acids is 1. The third-order valence-electron chi connectivity index (χ3n) is 9.41. The number of hydrogen-bond donors (Lipinski definition) is 1. The smallest absolute Gasteiger partial charge is 0.307 e. The molecule has 204 valence electrons. The van der Waals surface area contributed by atoms with Crippen molar-refractivity contribution < 1.29 is 28.2 Å². The zero-order chi connectivity index (χ0) is 27.5. The Morgan fingerprint density at radius 3 is 2.62 bits per heavy atom. The number of methoxy groups -OCH3 is 1. The van der Waals surface area contributed by atoms with Gasteiger partial charge in [0.2, 0.25) is 5.88 Å². The van der Waals surface area contributed by atoms with Gasteiger partial charge in [-0.1, -0.05) is 26.3 Å². The summed E-state index contributed by atoms with van der Waals surface area (Å²) in [6, 6.07) is 10.6. The van der Waals surface area contributed by atoms with Crippen molar-refractivity contribution in [2.45, 2.75) is 70.3 Å². The highest BCUT2D eigenvalue weighted by molar-refractivity contribution is 5.78. The van der Waals surface area contributed by atoms with E-state index in [1.54, 1.807) is 0 Å². The standard InChI is InChI=1S/C32H33F2NO4/c1-31(2)9-4-5-24(31)22-11-19(27(33)13-21(22)23-14-29(38-3)35-16-28(23)34)17-39-20-7-6-18-8-10-32(25(18)12-20)15-26(32)30(36)37/h6-7,11-14,16,24,26H,4-5,8-10,15,17H2,1-3H3,(H,36,37). The van der Waals surface area contributed by atoms with Crippen LogP contribution in [-0.2, 0) is 23.2 Å². The largest absolute Gasteiger partial charge is 0.489 e. The van der Waals surface area contributed by atoms with Crippen LogP contribution in [-0.4, -0.2) is 23.2 Å². The van der Waals surface area contributed by atoms with E-state index in [1.165, 1.54) is 24.8 Å². The molecular formula is C32H33F2NO4. The van der Waals surface area contributed by atoms with E-state index in [-0.39, 0.29) is 40.7 Å². The Morgan fingerprint density at radius 2 is 1.92 bits per heavy atom. The van der Waals surface area contributed by atoms with Crippen molar-refractivity contribution in [3.8, 4) is 22.8 Å². The van der Waals surface area contributed by atoms with Gasteiger partial charge < -0.3 is 14.6 Å². The summed E-state index contributed by atoms with van der Waals surface area (Å²) in [4.78, 5) is 15.6. The molecule has 0 bridgehead atoms. The summed E-state index contributed by atoms with van der Waals surface area (Å²) in [5.74, 6) is -1.08. The summed E-state index contributed by atoms with van der Waals surface area (Å²) in [6.45, 7) is 4.43. The summed E-state index contributed by atoms with van der Waals surface area (Å²) in [5, 5.41) is 9.55. The highest BCUT2D eigenvalue weighted by Crippen LogP contribution is 2.62.